The number of amides is 1. The molecule has 0 atom stereocenters. The monoisotopic (exact) mass is 460 g/mol. The number of rotatable bonds is 9. The summed E-state index contributed by atoms with van der Waals surface area (Å²) in [6.07, 6.45) is 7.10. The van der Waals surface area contributed by atoms with Gasteiger partial charge in [0.2, 0.25) is 11.6 Å². The molecular weight excluding hydrogens is 444 g/mol. The lowest BCUT2D eigenvalue weighted by Crippen LogP contribution is -2.30. The maximum Gasteiger partial charge on any atom is 0.354 e. The quantitative estimate of drug-likeness (QED) is 0.251. The molecule has 2 heterocycles. The second kappa shape index (κ2) is 9.59. The highest BCUT2D eigenvalue weighted by molar-refractivity contribution is 9.10. The van der Waals surface area contributed by atoms with Crippen molar-refractivity contribution in [3.05, 3.63) is 69.5 Å². The van der Waals surface area contributed by atoms with Gasteiger partial charge in [-0.3, -0.25) is 25.8 Å². The minimum atomic E-state index is -0.606. The average Bonchev–Trinajstić information content (AvgIpc) is 3.23. The van der Waals surface area contributed by atoms with Crippen molar-refractivity contribution in [3.63, 3.8) is 0 Å². The van der Waals surface area contributed by atoms with Gasteiger partial charge in [-0.2, -0.15) is 0 Å². The Morgan fingerprint density at radius 2 is 2.03 bits per heavy atom. The summed E-state index contributed by atoms with van der Waals surface area (Å²) in [5.41, 5.74) is 4.93. The van der Waals surface area contributed by atoms with Gasteiger partial charge >= 0.3 is 5.69 Å². The average molecular weight is 461 g/mol. The Balaban J connectivity index is 1.65. The third-order valence-corrected chi connectivity index (χ3v) is 4.55. The van der Waals surface area contributed by atoms with Crippen LogP contribution in [0.25, 0.3) is 0 Å². The number of carbonyl (C=O) groups is 1. The Kier molecular flexibility index (Phi) is 6.68. The van der Waals surface area contributed by atoms with Crippen molar-refractivity contribution in [1.82, 2.24) is 24.9 Å². The molecular formula is C17H17BrN8O3. The van der Waals surface area contributed by atoms with Gasteiger partial charge < -0.3 is 9.88 Å². The van der Waals surface area contributed by atoms with Crippen molar-refractivity contribution >= 4 is 39.2 Å². The molecule has 2 aromatic heterocycles. The van der Waals surface area contributed by atoms with Crippen LogP contribution in [0.2, 0.25) is 0 Å². The van der Waals surface area contributed by atoms with E-state index in [0.29, 0.717) is 29.5 Å². The number of hydrazine groups is 1. The number of hydrogen-bond acceptors (Lipinski definition) is 8. The zero-order chi connectivity index (χ0) is 20.6. The van der Waals surface area contributed by atoms with E-state index in [2.05, 4.69) is 47.1 Å². The molecule has 0 saturated heterocycles. The van der Waals surface area contributed by atoms with Gasteiger partial charge in [0.25, 0.3) is 5.91 Å². The number of aromatic nitrogens is 4. The predicted molar refractivity (Wildman–Crippen MR) is 109 cm³/mol. The second-order valence-electron chi connectivity index (χ2n) is 5.82. The Morgan fingerprint density at radius 1 is 1.24 bits per heavy atom. The van der Waals surface area contributed by atoms with Crippen molar-refractivity contribution in [1.29, 1.82) is 0 Å². The molecule has 29 heavy (non-hydrogen) atoms. The first-order valence-electron chi connectivity index (χ1n) is 8.56. The zero-order valence-corrected chi connectivity index (χ0v) is 16.7. The van der Waals surface area contributed by atoms with E-state index in [-0.39, 0.29) is 17.3 Å². The minimum absolute atomic E-state index is 0.0632. The Labute approximate surface area is 173 Å². The zero-order valence-electron chi connectivity index (χ0n) is 15.1. The van der Waals surface area contributed by atoms with Crippen LogP contribution in [0.15, 0.2) is 53.8 Å². The van der Waals surface area contributed by atoms with Gasteiger partial charge in [0.05, 0.1) is 16.8 Å². The summed E-state index contributed by atoms with van der Waals surface area (Å²) in [5, 5.41) is 14.5. The lowest BCUT2D eigenvalue weighted by atomic mass is 10.2. The SMILES string of the molecule is O=C(NNc1ncnc(NCCCn2ccnc2)c1[N+](=O)[O-])c1ccccc1Br. The topological polar surface area (TPSA) is 140 Å². The van der Waals surface area contributed by atoms with E-state index in [9.17, 15) is 14.9 Å². The molecule has 11 nitrogen and oxygen atoms in total. The van der Waals surface area contributed by atoms with Crippen LogP contribution in [0.3, 0.4) is 0 Å². The van der Waals surface area contributed by atoms with Crippen LogP contribution in [-0.2, 0) is 6.54 Å². The van der Waals surface area contributed by atoms with E-state index >= 15 is 0 Å². The first kappa shape index (κ1) is 20.2. The summed E-state index contributed by atoms with van der Waals surface area (Å²) in [6, 6.07) is 6.81. The summed E-state index contributed by atoms with van der Waals surface area (Å²) < 4.78 is 2.50. The molecule has 1 aromatic carbocycles. The molecule has 3 N–H and O–H groups in total. The van der Waals surface area contributed by atoms with Gasteiger partial charge in [0.15, 0.2) is 0 Å². The van der Waals surface area contributed by atoms with Gasteiger partial charge in [-0.1, -0.05) is 12.1 Å². The van der Waals surface area contributed by atoms with E-state index in [4.69, 9.17) is 0 Å². The second-order valence-corrected chi connectivity index (χ2v) is 6.67. The number of carbonyl (C=O) groups excluding carboxylic acids is 1. The first-order chi connectivity index (χ1) is 14.1. The van der Waals surface area contributed by atoms with Crippen molar-refractivity contribution < 1.29 is 9.72 Å². The lowest BCUT2D eigenvalue weighted by molar-refractivity contribution is -0.383. The maximum absolute atomic E-state index is 12.3. The number of anilines is 2. The highest BCUT2D eigenvalue weighted by atomic mass is 79.9. The number of halogens is 1. The first-order valence-corrected chi connectivity index (χ1v) is 9.35. The van der Waals surface area contributed by atoms with Crippen LogP contribution in [0.5, 0.6) is 0 Å². The minimum Gasteiger partial charge on any atom is -0.364 e. The highest BCUT2D eigenvalue weighted by Crippen LogP contribution is 2.28. The molecule has 0 fully saturated rings. The Hall–Kier alpha value is -3.54. The molecule has 3 rings (SSSR count). The number of aryl methyl sites for hydroxylation is 1. The number of benzene rings is 1. The van der Waals surface area contributed by atoms with E-state index in [1.165, 1.54) is 6.33 Å². The Bertz CT molecular complexity index is 996. The summed E-state index contributed by atoms with van der Waals surface area (Å²) in [5.74, 6) is -0.531. The standard InChI is InChI=1S/C17H17BrN8O3/c18-13-5-2-1-4-12(13)17(27)24-23-16-14(26(28)29)15(21-10-22-16)20-6-3-8-25-9-7-19-11-25/h1-2,4-5,7,9-11H,3,6,8H2,(H,24,27)(H2,20,21,22,23). The summed E-state index contributed by atoms with van der Waals surface area (Å²) >= 11 is 3.28. The summed E-state index contributed by atoms with van der Waals surface area (Å²) in [4.78, 5) is 35.0. The largest absolute Gasteiger partial charge is 0.364 e. The van der Waals surface area contributed by atoms with Crippen LogP contribution in [0.1, 0.15) is 16.8 Å². The number of nitro groups is 1. The van der Waals surface area contributed by atoms with Crippen molar-refractivity contribution in [2.45, 2.75) is 13.0 Å². The van der Waals surface area contributed by atoms with Crippen molar-refractivity contribution in [2.75, 3.05) is 17.3 Å². The third-order valence-electron chi connectivity index (χ3n) is 3.86. The molecule has 0 bridgehead atoms. The molecule has 0 aliphatic carbocycles. The molecule has 0 unspecified atom stereocenters. The van der Waals surface area contributed by atoms with Gasteiger partial charge in [-0.15, -0.1) is 0 Å². The number of imidazole rings is 1. The Morgan fingerprint density at radius 3 is 2.76 bits per heavy atom. The van der Waals surface area contributed by atoms with Crippen LogP contribution >= 0.6 is 15.9 Å². The molecule has 150 valence electrons. The van der Waals surface area contributed by atoms with Crippen molar-refractivity contribution in [2.24, 2.45) is 0 Å². The van der Waals surface area contributed by atoms with Gasteiger partial charge in [0, 0.05) is 30.0 Å². The van der Waals surface area contributed by atoms with Crippen LogP contribution < -0.4 is 16.2 Å². The molecule has 0 aliphatic rings. The fourth-order valence-electron chi connectivity index (χ4n) is 2.49. The molecule has 0 spiro atoms. The smallest absolute Gasteiger partial charge is 0.354 e. The number of nitrogens with one attached hydrogen (secondary N) is 3. The van der Waals surface area contributed by atoms with E-state index < -0.39 is 10.8 Å². The van der Waals surface area contributed by atoms with Gasteiger partial charge in [-0.05, 0) is 34.5 Å². The van der Waals surface area contributed by atoms with Crippen LogP contribution in [0, 0.1) is 10.1 Å². The fourth-order valence-corrected chi connectivity index (χ4v) is 2.95. The van der Waals surface area contributed by atoms with E-state index in [1.807, 2.05) is 10.8 Å². The van der Waals surface area contributed by atoms with Crippen molar-refractivity contribution in [3.8, 4) is 0 Å². The van der Waals surface area contributed by atoms with Gasteiger partial charge in [0.1, 0.15) is 6.33 Å². The molecule has 0 saturated carbocycles. The molecule has 3 aromatic rings. The van der Waals surface area contributed by atoms with Crippen LogP contribution in [-0.4, -0.2) is 36.9 Å². The van der Waals surface area contributed by atoms with Gasteiger partial charge in [-0.25, -0.2) is 15.0 Å². The number of nitrogens with zero attached hydrogens (tertiary/aromatic N) is 5. The molecule has 0 radical (unpaired) electrons. The highest BCUT2D eigenvalue weighted by Gasteiger charge is 2.23. The van der Waals surface area contributed by atoms with E-state index in [0.717, 1.165) is 0 Å². The van der Waals surface area contributed by atoms with E-state index in [1.54, 1.807) is 36.8 Å². The predicted octanol–water partition coefficient (Wildman–Crippen LogP) is 2.60. The number of hydrogen-bond donors (Lipinski definition) is 3. The summed E-state index contributed by atoms with van der Waals surface area (Å²) in [7, 11) is 0. The molecule has 12 heteroatoms. The lowest BCUT2D eigenvalue weighted by Gasteiger charge is -2.11. The normalized spacial score (nSPS) is 10.4. The fraction of sp³-hybridized carbons (Fsp3) is 0.176. The third kappa shape index (κ3) is 5.25. The molecule has 1 amide bonds. The summed E-state index contributed by atoms with van der Waals surface area (Å²) in [6.45, 7) is 1.16. The van der Waals surface area contributed by atoms with Crippen LogP contribution in [0.4, 0.5) is 17.3 Å². The molecule has 0 aliphatic heterocycles. The maximum atomic E-state index is 12.3.